The van der Waals surface area contributed by atoms with Gasteiger partial charge in [0, 0.05) is 25.7 Å². The average molecular weight is 310 g/mol. The molecule has 1 fully saturated rings. The fourth-order valence-corrected chi connectivity index (χ4v) is 2.49. The van der Waals surface area contributed by atoms with Crippen molar-refractivity contribution in [3.63, 3.8) is 0 Å². The minimum Gasteiger partial charge on any atom is -0.357 e. The summed E-state index contributed by atoms with van der Waals surface area (Å²) in [5, 5.41) is 6.63. The van der Waals surface area contributed by atoms with Gasteiger partial charge in [0.1, 0.15) is 6.54 Å². The van der Waals surface area contributed by atoms with Crippen LogP contribution in [0, 0.1) is 5.41 Å². The first-order valence-electron chi connectivity index (χ1n) is 8.64. The Morgan fingerprint density at radius 1 is 1.27 bits per heavy atom. The predicted molar refractivity (Wildman–Crippen MR) is 93.1 cm³/mol. The number of likely N-dealkylation sites (tertiary alicyclic amines) is 1. The molecular weight excluding hydrogens is 276 g/mol. The van der Waals surface area contributed by atoms with Gasteiger partial charge in [0.2, 0.25) is 5.91 Å². The van der Waals surface area contributed by atoms with Gasteiger partial charge in [0.05, 0.1) is 0 Å². The molecule has 1 aliphatic rings. The first-order chi connectivity index (χ1) is 10.3. The van der Waals surface area contributed by atoms with E-state index in [9.17, 15) is 4.79 Å². The Balaban J connectivity index is 2.45. The normalized spacial score (nSPS) is 17.5. The van der Waals surface area contributed by atoms with Crippen LogP contribution in [0.3, 0.4) is 0 Å². The summed E-state index contributed by atoms with van der Waals surface area (Å²) in [5.41, 5.74) is 0.344. The van der Waals surface area contributed by atoms with E-state index in [1.165, 1.54) is 0 Å². The van der Waals surface area contributed by atoms with Crippen molar-refractivity contribution in [2.45, 2.75) is 66.3 Å². The number of amides is 1. The second-order valence-corrected chi connectivity index (χ2v) is 7.43. The molecule has 2 N–H and O–H groups in total. The number of guanidine groups is 1. The second kappa shape index (κ2) is 9.01. The van der Waals surface area contributed by atoms with Gasteiger partial charge >= 0.3 is 0 Å². The van der Waals surface area contributed by atoms with Crippen LogP contribution in [0.25, 0.3) is 0 Å². The molecule has 1 aliphatic heterocycles. The highest BCUT2D eigenvalue weighted by atomic mass is 16.2. The lowest BCUT2D eigenvalue weighted by atomic mass is 9.89. The zero-order valence-corrected chi connectivity index (χ0v) is 15.0. The molecular formula is C17H34N4O. The third-order valence-corrected chi connectivity index (χ3v) is 3.89. The molecule has 22 heavy (non-hydrogen) atoms. The third kappa shape index (κ3) is 7.66. The number of carbonyl (C=O) groups excluding carboxylic acids is 1. The molecule has 0 aromatic carbocycles. The maximum Gasteiger partial charge on any atom is 0.244 e. The summed E-state index contributed by atoms with van der Waals surface area (Å²) in [6.45, 7) is 13.8. The molecule has 1 saturated heterocycles. The van der Waals surface area contributed by atoms with E-state index in [2.05, 4.69) is 43.3 Å². The van der Waals surface area contributed by atoms with Crippen molar-refractivity contribution in [1.82, 2.24) is 15.5 Å². The Labute approximate surface area is 135 Å². The number of aliphatic imine (C=N–C) groups is 1. The molecule has 0 spiro atoms. The molecule has 128 valence electrons. The summed E-state index contributed by atoms with van der Waals surface area (Å²) < 4.78 is 0. The van der Waals surface area contributed by atoms with Crippen molar-refractivity contribution in [1.29, 1.82) is 0 Å². The quantitative estimate of drug-likeness (QED) is 0.585. The molecule has 1 amide bonds. The number of carbonyl (C=O) groups is 1. The van der Waals surface area contributed by atoms with Gasteiger partial charge in [-0.05, 0) is 44.9 Å². The van der Waals surface area contributed by atoms with E-state index in [0.717, 1.165) is 51.3 Å². The Hall–Kier alpha value is -1.26. The molecule has 5 nitrogen and oxygen atoms in total. The maximum atomic E-state index is 12.1. The smallest absolute Gasteiger partial charge is 0.244 e. The number of rotatable bonds is 6. The Morgan fingerprint density at radius 3 is 2.45 bits per heavy atom. The minimum absolute atomic E-state index is 0.136. The lowest BCUT2D eigenvalue weighted by Gasteiger charge is -2.23. The molecule has 0 saturated carbocycles. The van der Waals surface area contributed by atoms with Crippen molar-refractivity contribution in [3.05, 3.63) is 0 Å². The molecule has 1 heterocycles. The van der Waals surface area contributed by atoms with Gasteiger partial charge in [0.25, 0.3) is 0 Å². The van der Waals surface area contributed by atoms with Crippen LogP contribution in [-0.2, 0) is 4.79 Å². The molecule has 1 atom stereocenters. The summed E-state index contributed by atoms with van der Waals surface area (Å²) in [5.74, 6) is 0.883. The number of nitrogens with one attached hydrogen (secondary N) is 2. The van der Waals surface area contributed by atoms with E-state index in [-0.39, 0.29) is 12.5 Å². The van der Waals surface area contributed by atoms with Gasteiger partial charge in [-0.1, -0.05) is 20.8 Å². The highest BCUT2D eigenvalue weighted by Crippen LogP contribution is 2.21. The first kappa shape index (κ1) is 18.8. The van der Waals surface area contributed by atoms with Crippen LogP contribution in [-0.4, -0.2) is 49.0 Å². The van der Waals surface area contributed by atoms with Gasteiger partial charge in [-0.25, -0.2) is 4.99 Å². The molecule has 5 heteroatoms. The van der Waals surface area contributed by atoms with E-state index in [0.29, 0.717) is 11.5 Å². The van der Waals surface area contributed by atoms with E-state index >= 15 is 0 Å². The molecule has 1 unspecified atom stereocenters. The average Bonchev–Trinajstić information content (AvgIpc) is 2.96. The van der Waals surface area contributed by atoms with Crippen LogP contribution in [0.5, 0.6) is 0 Å². The Bertz CT molecular complexity index is 367. The molecule has 0 bridgehead atoms. The van der Waals surface area contributed by atoms with Crippen LogP contribution >= 0.6 is 0 Å². The van der Waals surface area contributed by atoms with Crippen molar-refractivity contribution < 1.29 is 4.79 Å². The fourth-order valence-electron chi connectivity index (χ4n) is 2.49. The molecule has 1 rings (SSSR count). The van der Waals surface area contributed by atoms with E-state index < -0.39 is 0 Å². The topological polar surface area (TPSA) is 56.7 Å². The van der Waals surface area contributed by atoms with Gasteiger partial charge < -0.3 is 15.5 Å². The zero-order chi connectivity index (χ0) is 16.6. The fraction of sp³-hybridized carbons (Fsp3) is 0.882. The predicted octanol–water partition coefficient (Wildman–Crippen LogP) is 2.38. The lowest BCUT2D eigenvalue weighted by molar-refractivity contribution is -0.128. The van der Waals surface area contributed by atoms with Crippen LogP contribution < -0.4 is 10.6 Å². The molecule has 0 aliphatic carbocycles. The Kier molecular flexibility index (Phi) is 7.69. The van der Waals surface area contributed by atoms with Crippen molar-refractivity contribution in [2.24, 2.45) is 10.4 Å². The molecule has 0 aromatic heterocycles. The zero-order valence-electron chi connectivity index (χ0n) is 15.0. The standard InChI is InChI=1S/C17H34N4O/c1-6-18-16(20-14(2)9-10-17(3,4)5)19-13-15(22)21-11-7-8-12-21/h14H,6-13H2,1-5H3,(H2,18,19,20). The van der Waals surface area contributed by atoms with E-state index in [4.69, 9.17) is 0 Å². The summed E-state index contributed by atoms with van der Waals surface area (Å²) in [6, 6.07) is 0.346. The summed E-state index contributed by atoms with van der Waals surface area (Å²) >= 11 is 0. The Morgan fingerprint density at radius 2 is 1.91 bits per heavy atom. The number of nitrogens with zero attached hydrogens (tertiary/aromatic N) is 2. The third-order valence-electron chi connectivity index (χ3n) is 3.89. The van der Waals surface area contributed by atoms with Crippen LogP contribution in [0.4, 0.5) is 0 Å². The van der Waals surface area contributed by atoms with Crippen LogP contribution in [0.1, 0.15) is 60.3 Å². The van der Waals surface area contributed by atoms with Crippen molar-refractivity contribution >= 4 is 11.9 Å². The summed E-state index contributed by atoms with van der Waals surface area (Å²) in [6.07, 6.45) is 4.50. The highest BCUT2D eigenvalue weighted by molar-refractivity contribution is 5.85. The van der Waals surface area contributed by atoms with Crippen LogP contribution in [0.15, 0.2) is 4.99 Å². The summed E-state index contributed by atoms with van der Waals surface area (Å²) in [4.78, 5) is 18.4. The largest absolute Gasteiger partial charge is 0.357 e. The SMILES string of the molecule is CCNC(=NCC(=O)N1CCCC1)NC(C)CCC(C)(C)C. The van der Waals surface area contributed by atoms with Crippen molar-refractivity contribution in [2.75, 3.05) is 26.2 Å². The summed E-state index contributed by atoms with van der Waals surface area (Å²) in [7, 11) is 0. The first-order valence-corrected chi connectivity index (χ1v) is 8.64. The van der Waals surface area contributed by atoms with Gasteiger partial charge in [-0.2, -0.15) is 0 Å². The monoisotopic (exact) mass is 310 g/mol. The van der Waals surface area contributed by atoms with Crippen molar-refractivity contribution in [3.8, 4) is 0 Å². The lowest BCUT2D eigenvalue weighted by Crippen LogP contribution is -2.43. The maximum absolute atomic E-state index is 12.1. The van der Waals surface area contributed by atoms with Gasteiger partial charge in [0.15, 0.2) is 5.96 Å². The molecule has 0 radical (unpaired) electrons. The van der Waals surface area contributed by atoms with E-state index in [1.807, 2.05) is 11.8 Å². The number of hydrogen-bond donors (Lipinski definition) is 2. The second-order valence-electron chi connectivity index (χ2n) is 7.43. The van der Waals surface area contributed by atoms with E-state index in [1.54, 1.807) is 0 Å². The van der Waals surface area contributed by atoms with Crippen LogP contribution in [0.2, 0.25) is 0 Å². The highest BCUT2D eigenvalue weighted by Gasteiger charge is 2.18. The minimum atomic E-state index is 0.136. The number of hydrogen-bond acceptors (Lipinski definition) is 2. The van der Waals surface area contributed by atoms with Gasteiger partial charge in [-0.3, -0.25) is 4.79 Å². The molecule has 0 aromatic rings. The van der Waals surface area contributed by atoms with Gasteiger partial charge in [-0.15, -0.1) is 0 Å².